The Morgan fingerprint density at radius 2 is 1.39 bits per heavy atom. The van der Waals surface area contributed by atoms with Gasteiger partial charge in [0.25, 0.3) is 0 Å². The molecule has 1 fully saturated rings. The second kappa shape index (κ2) is 21.3. The number of halogens is 1. The van der Waals surface area contributed by atoms with Crippen LogP contribution in [0.3, 0.4) is 0 Å². The molecule has 1 saturated heterocycles. The van der Waals surface area contributed by atoms with Gasteiger partial charge in [0.05, 0.1) is 58.8 Å². The summed E-state index contributed by atoms with van der Waals surface area (Å²) in [6.07, 6.45) is 3.31. The number of carbonyl (C=O) groups excluding carboxylic acids is 1. The van der Waals surface area contributed by atoms with Crippen molar-refractivity contribution >= 4 is 21.9 Å². The summed E-state index contributed by atoms with van der Waals surface area (Å²) in [6, 6.07) is 40.0. The number of carbonyl (C=O) groups is 1. The van der Waals surface area contributed by atoms with Crippen LogP contribution in [0, 0.1) is 5.92 Å². The molecule has 7 heteroatoms. The van der Waals surface area contributed by atoms with Crippen molar-refractivity contribution in [3.05, 3.63) is 155 Å². The van der Waals surface area contributed by atoms with E-state index in [4.69, 9.17) is 18.9 Å². The molecule has 0 bridgehead atoms. The molecule has 46 heavy (non-hydrogen) atoms. The van der Waals surface area contributed by atoms with Gasteiger partial charge in [0.2, 0.25) is 0 Å². The zero-order valence-corrected chi connectivity index (χ0v) is 28.1. The van der Waals surface area contributed by atoms with Gasteiger partial charge in [-0.2, -0.15) is 0 Å². The highest BCUT2D eigenvalue weighted by Gasteiger charge is 2.39. The number of hydrogen-bond acceptors (Lipinski definition) is 6. The lowest BCUT2D eigenvalue weighted by Crippen LogP contribution is -2.37. The van der Waals surface area contributed by atoms with Gasteiger partial charge < -0.3 is 24.1 Å². The highest BCUT2D eigenvalue weighted by molar-refractivity contribution is 9.10. The summed E-state index contributed by atoms with van der Waals surface area (Å²) in [5.41, 5.74) is 2.96. The summed E-state index contributed by atoms with van der Waals surface area (Å²) in [5.74, 6) is -0.515. The van der Waals surface area contributed by atoms with Gasteiger partial charge in [-0.1, -0.05) is 131 Å². The number of methoxy groups -OCH3 is 1. The molecule has 0 aromatic heterocycles. The van der Waals surface area contributed by atoms with Crippen LogP contribution in [0.1, 0.15) is 29.5 Å². The van der Waals surface area contributed by atoms with Gasteiger partial charge in [0, 0.05) is 9.89 Å². The Hall–Kier alpha value is -3.59. The lowest BCUT2D eigenvalue weighted by Gasteiger charge is -2.32. The number of allylic oxidation sites excluding steroid dienone is 1. The van der Waals surface area contributed by atoms with E-state index in [9.17, 15) is 9.90 Å². The molecule has 0 saturated carbocycles. The third kappa shape index (κ3) is 13.8. The largest absolute Gasteiger partial charge is 0.469 e. The smallest absolute Gasteiger partial charge is 0.311 e. The first-order chi connectivity index (χ1) is 22.5. The quantitative estimate of drug-likeness (QED) is 0.0776. The first kappa shape index (κ1) is 36.9. The molecule has 244 valence electrons. The topological polar surface area (TPSA) is 77.5 Å². The molecule has 3 atom stereocenters. The Labute approximate surface area is 282 Å². The van der Waals surface area contributed by atoms with Gasteiger partial charge >= 0.3 is 5.97 Å². The van der Waals surface area contributed by atoms with Crippen LogP contribution in [0.5, 0.6) is 0 Å². The van der Waals surface area contributed by atoms with Crippen LogP contribution in [-0.4, -0.2) is 50.7 Å². The molecule has 1 heterocycles. The normalized spacial score (nSPS) is 15.1. The Balaban J connectivity index is 0.000000212. The maximum absolute atomic E-state index is 11.4. The Bertz CT molecular complexity index is 1370. The van der Waals surface area contributed by atoms with Gasteiger partial charge in [-0.15, -0.1) is 6.58 Å². The van der Waals surface area contributed by atoms with E-state index in [1.807, 2.05) is 109 Å². The van der Waals surface area contributed by atoms with Crippen molar-refractivity contribution in [2.75, 3.05) is 33.5 Å². The summed E-state index contributed by atoms with van der Waals surface area (Å²) < 4.78 is 22.7. The molecular formula is C39H45BrO6. The Morgan fingerprint density at radius 1 is 0.891 bits per heavy atom. The fourth-order valence-electron chi connectivity index (χ4n) is 4.72. The van der Waals surface area contributed by atoms with Crippen LogP contribution in [0.4, 0.5) is 0 Å². The van der Waals surface area contributed by atoms with E-state index in [2.05, 4.69) is 34.6 Å². The lowest BCUT2D eigenvalue weighted by molar-refractivity contribution is -0.147. The molecule has 0 amide bonds. The molecule has 3 unspecified atom stereocenters. The minimum atomic E-state index is -0.392. The molecule has 0 spiro atoms. The third-order valence-electron chi connectivity index (χ3n) is 7.35. The molecular weight excluding hydrogens is 644 g/mol. The number of hydrogen-bond donors (Lipinski definition) is 1. The van der Waals surface area contributed by atoms with Crippen molar-refractivity contribution < 1.29 is 28.8 Å². The second-order valence-electron chi connectivity index (χ2n) is 11.0. The highest BCUT2D eigenvalue weighted by atomic mass is 79.9. The zero-order valence-electron chi connectivity index (χ0n) is 26.5. The Kier molecular flexibility index (Phi) is 17.0. The number of rotatable bonds is 15. The molecule has 1 aliphatic heterocycles. The zero-order chi connectivity index (χ0) is 32.9. The summed E-state index contributed by atoms with van der Waals surface area (Å²) in [5, 5.41) is 10.1. The molecule has 1 aliphatic rings. The van der Waals surface area contributed by atoms with Crippen molar-refractivity contribution in [2.45, 2.75) is 37.6 Å². The van der Waals surface area contributed by atoms with E-state index in [0.29, 0.717) is 32.8 Å². The van der Waals surface area contributed by atoms with Crippen LogP contribution < -0.4 is 0 Å². The molecule has 0 aliphatic carbocycles. The van der Waals surface area contributed by atoms with E-state index in [1.165, 1.54) is 7.11 Å². The fourth-order valence-corrected chi connectivity index (χ4v) is 5.03. The van der Waals surface area contributed by atoms with Gasteiger partial charge in [0.15, 0.2) is 0 Å². The van der Waals surface area contributed by atoms with E-state index < -0.39 is 5.41 Å². The van der Waals surface area contributed by atoms with Crippen molar-refractivity contribution in [1.82, 2.24) is 0 Å². The SMILES string of the molecule is Brc1ccccc1.C=CCC(COCc1ccccc1)C(=O)OC.OCC(COCc1ccccc1)(CC1CO1)c1ccccc1. The summed E-state index contributed by atoms with van der Waals surface area (Å²) >= 11 is 3.31. The summed E-state index contributed by atoms with van der Waals surface area (Å²) in [4.78, 5) is 11.4. The average Bonchev–Trinajstić information content (AvgIpc) is 3.93. The van der Waals surface area contributed by atoms with Crippen molar-refractivity contribution in [2.24, 2.45) is 5.92 Å². The van der Waals surface area contributed by atoms with Crippen molar-refractivity contribution in [3.8, 4) is 0 Å². The molecule has 0 radical (unpaired) electrons. The molecule has 4 aromatic rings. The van der Waals surface area contributed by atoms with Crippen LogP contribution in [-0.2, 0) is 42.4 Å². The van der Waals surface area contributed by atoms with E-state index in [0.717, 1.165) is 34.2 Å². The molecule has 1 N–H and O–H groups in total. The van der Waals surface area contributed by atoms with E-state index >= 15 is 0 Å². The summed E-state index contributed by atoms with van der Waals surface area (Å²) in [6.45, 7) is 6.37. The Morgan fingerprint density at radius 3 is 1.83 bits per heavy atom. The molecule has 5 rings (SSSR count). The lowest BCUT2D eigenvalue weighted by atomic mass is 9.78. The van der Waals surface area contributed by atoms with Gasteiger partial charge in [0.1, 0.15) is 0 Å². The maximum Gasteiger partial charge on any atom is 0.311 e. The predicted molar refractivity (Wildman–Crippen MR) is 186 cm³/mol. The third-order valence-corrected chi connectivity index (χ3v) is 7.88. The predicted octanol–water partition coefficient (Wildman–Crippen LogP) is 7.94. The van der Waals surface area contributed by atoms with Crippen molar-refractivity contribution in [3.63, 3.8) is 0 Å². The number of aliphatic hydroxyl groups excluding tert-OH is 1. The minimum absolute atomic E-state index is 0.0612. The second-order valence-corrected chi connectivity index (χ2v) is 11.9. The van der Waals surface area contributed by atoms with Crippen LogP contribution >= 0.6 is 15.9 Å². The number of ether oxygens (including phenoxy) is 4. The van der Waals surface area contributed by atoms with E-state index in [1.54, 1.807) is 6.08 Å². The van der Waals surface area contributed by atoms with E-state index in [-0.39, 0.29) is 24.6 Å². The number of epoxide rings is 1. The van der Waals surface area contributed by atoms with Gasteiger partial charge in [-0.05, 0) is 41.7 Å². The van der Waals surface area contributed by atoms with Gasteiger partial charge in [-0.3, -0.25) is 4.79 Å². The first-order valence-electron chi connectivity index (χ1n) is 15.4. The monoisotopic (exact) mass is 688 g/mol. The fraction of sp³-hybridized carbons (Fsp3) is 0.308. The number of aliphatic hydroxyl groups is 1. The highest BCUT2D eigenvalue weighted by Crippen LogP contribution is 2.34. The molecule has 6 nitrogen and oxygen atoms in total. The van der Waals surface area contributed by atoms with Gasteiger partial charge in [-0.25, -0.2) is 0 Å². The van der Waals surface area contributed by atoms with Crippen LogP contribution in [0.25, 0.3) is 0 Å². The molecule has 4 aromatic carbocycles. The first-order valence-corrected chi connectivity index (χ1v) is 16.2. The number of benzene rings is 4. The summed E-state index contributed by atoms with van der Waals surface area (Å²) in [7, 11) is 1.38. The maximum atomic E-state index is 11.4. The van der Waals surface area contributed by atoms with Crippen LogP contribution in [0.15, 0.2) is 138 Å². The average molecular weight is 690 g/mol. The number of esters is 1. The minimum Gasteiger partial charge on any atom is -0.469 e. The standard InChI is InChI=1S/C19H22O3.C14H18O3.C6H5Br/c20-14-19(11-18-13-22-18,17-9-5-2-6-10-17)15-21-12-16-7-3-1-4-8-16;1-3-7-13(14(15)16-2)11-17-10-12-8-5-4-6-9-12;7-6-4-2-1-3-5-6/h1-10,18,20H,11-15H2;3-6,8-9,13H,1,7,10-11H2,2H3;1-5H. The van der Waals surface area contributed by atoms with Crippen molar-refractivity contribution in [1.29, 1.82) is 0 Å². The van der Waals surface area contributed by atoms with Crippen LogP contribution in [0.2, 0.25) is 0 Å².